The predicted octanol–water partition coefficient (Wildman–Crippen LogP) is -2.95. The third kappa shape index (κ3) is 32.7. The molecule has 2 fully saturated rings. The summed E-state index contributed by atoms with van der Waals surface area (Å²) in [7, 11) is 7.36. The van der Waals surface area contributed by atoms with E-state index < -0.39 is 61.9 Å². The van der Waals surface area contributed by atoms with Crippen LogP contribution in [0.25, 0.3) is 0 Å². The zero-order valence-corrected chi connectivity index (χ0v) is 57.0. The molecule has 9 rings (SSSR count). The van der Waals surface area contributed by atoms with Gasteiger partial charge in [-0.1, -0.05) is 91.3 Å². The first-order valence-corrected chi connectivity index (χ1v) is 30.9. The number of nitrogen functional groups attached to an aromatic ring is 4. The smallest absolute Gasteiger partial charge is 0.630 e. The topological polar surface area (TPSA) is 728 Å². The Balaban J connectivity index is -0.000000564. The van der Waals surface area contributed by atoms with Crippen molar-refractivity contribution in [1.82, 2.24) is 40.9 Å². The van der Waals surface area contributed by atoms with Gasteiger partial charge >= 0.3 is 36.6 Å². The number of piperidine rings is 2. The summed E-state index contributed by atoms with van der Waals surface area (Å²) in [6, 6.07) is 25.4. The first-order valence-electron chi connectivity index (χ1n) is 27.0. The fraction of sp³-hybridized carbons (Fsp3) is 0.193. The Kier molecular flexibility index (Phi) is 48.5. The zero-order chi connectivity index (χ0) is 71.1. The molecule has 5 aromatic heterocycles. The van der Waals surface area contributed by atoms with E-state index in [9.17, 15) is 63.9 Å². The van der Waals surface area contributed by atoms with Crippen LogP contribution in [0.4, 0.5) is 45.9 Å². The number of halogens is 5. The second-order valence-corrected chi connectivity index (χ2v) is 22.6. The Morgan fingerprint density at radius 3 is 1.27 bits per heavy atom. The summed E-state index contributed by atoms with van der Waals surface area (Å²) in [5, 5.41) is 51.6. The zero-order valence-electron chi connectivity index (χ0n) is 52.4. The number of pyridine rings is 5. The van der Waals surface area contributed by atoms with Crippen molar-refractivity contribution in [3.63, 3.8) is 0 Å². The first kappa shape index (κ1) is 98.0. The van der Waals surface area contributed by atoms with Crippen LogP contribution in [0.15, 0.2) is 122 Å². The molecule has 101 heavy (non-hydrogen) atoms. The molecule has 7 aromatic rings. The van der Waals surface area contributed by atoms with Gasteiger partial charge in [0.2, 0.25) is 9.23 Å². The number of nitrogens with two attached hydrogens (primary N) is 10. The molecule has 0 radical (unpaired) electrons. The summed E-state index contributed by atoms with van der Waals surface area (Å²) in [6.45, 7) is 1.00. The van der Waals surface area contributed by atoms with E-state index in [2.05, 4.69) is 51.6 Å². The van der Waals surface area contributed by atoms with Crippen LogP contribution < -0.4 is 92.0 Å². The summed E-state index contributed by atoms with van der Waals surface area (Å²) in [4.78, 5) is 122. The number of carbonyl (C=O) groups is 9. The number of anilines is 5. The van der Waals surface area contributed by atoms with Gasteiger partial charge in [-0.15, -0.1) is 0 Å². The van der Waals surface area contributed by atoms with Gasteiger partial charge in [-0.2, -0.15) is 0 Å². The van der Waals surface area contributed by atoms with E-state index in [1.165, 1.54) is 66.2 Å². The van der Waals surface area contributed by atoms with E-state index in [1.54, 1.807) is 4.90 Å². The third-order valence-corrected chi connectivity index (χ3v) is 13.5. The number of hydrogen-bond donors (Lipinski definition) is 13. The van der Waals surface area contributed by atoms with Gasteiger partial charge in [-0.05, 0) is 73.4 Å². The number of benzene rings is 2. The molecule has 37 nitrogen and oxygen atoms in total. The monoisotopic (exact) mass is 1530 g/mol. The van der Waals surface area contributed by atoms with E-state index in [1.807, 2.05) is 60.7 Å². The van der Waals surface area contributed by atoms with Gasteiger partial charge < -0.3 is 125 Å². The van der Waals surface area contributed by atoms with Gasteiger partial charge in [-0.3, -0.25) is 33.6 Å². The Hall–Kier alpha value is -9.38. The average molecular weight is 1530 g/mol. The molecule has 2 aliphatic rings. The number of rotatable bonds is 11. The molecule has 31 N–H and O–H groups in total. The van der Waals surface area contributed by atoms with Crippen LogP contribution in [0.2, 0.25) is 10.3 Å². The first-order chi connectivity index (χ1) is 44.9. The number of hydrogen-bond acceptors (Lipinski definition) is 24. The molecule has 7 heterocycles. The number of aliphatic carboxylic acids is 1. The van der Waals surface area contributed by atoms with Crippen LogP contribution >= 0.6 is 56.2 Å². The van der Waals surface area contributed by atoms with Crippen molar-refractivity contribution in [2.75, 3.05) is 41.3 Å². The van der Waals surface area contributed by atoms with Crippen molar-refractivity contribution in [1.29, 1.82) is 0 Å². The normalized spacial score (nSPS) is 12.7. The average Bonchev–Trinajstić information content (AvgIpc) is 0.816. The molecular weight excluding hydrogens is 1460 g/mol. The molecule has 6 amide bonds. The fourth-order valence-electron chi connectivity index (χ4n) is 8.35. The van der Waals surface area contributed by atoms with E-state index in [0.29, 0.717) is 35.2 Å². The van der Waals surface area contributed by atoms with Crippen LogP contribution in [-0.4, -0.2) is 126 Å². The van der Waals surface area contributed by atoms with Gasteiger partial charge in [0.05, 0.1) is 76.7 Å². The van der Waals surface area contributed by atoms with E-state index in [4.69, 9.17) is 84.3 Å². The molecule has 0 bridgehead atoms. The van der Waals surface area contributed by atoms with Crippen molar-refractivity contribution in [3.8, 4) is 0 Å². The van der Waals surface area contributed by atoms with Crippen LogP contribution in [0.1, 0.15) is 121 Å². The molecule has 2 aromatic carbocycles. The van der Waals surface area contributed by atoms with Gasteiger partial charge in [0.25, 0.3) is 28.9 Å². The SMILES string of the molecule is C.N.NC(=O)c1cc(N)cnc1N.NC(=O)c1cc(NC(=O)C(=O)N2CCCCC2c2ccccc2)cnc1N.NC(=O)c1cc([NH2+][O-])cnc1N.O.O.O.O=C(Cl)c1cc([NH2+][O-])cnc1Cl.O=C(O)c1cc([NH2+][O-])cnc1Cl.O=C([O-])C(=O)N1CCCCC1c1ccccc1.O=S(Cl)Cl.[Li+]. The maximum absolute atomic E-state index is 12.7. The Morgan fingerprint density at radius 2 is 0.891 bits per heavy atom. The minimum atomic E-state index is -1.67. The maximum Gasteiger partial charge on any atom is 1.00 e. The second kappa shape index (κ2) is 50.0. The molecule has 44 heteroatoms. The molecule has 2 saturated heterocycles. The summed E-state index contributed by atoms with van der Waals surface area (Å²) in [5.41, 5.74) is 41.7. The molecule has 0 aliphatic carbocycles. The predicted molar refractivity (Wildman–Crippen MR) is 372 cm³/mol. The number of amides is 6. The van der Waals surface area contributed by atoms with Crippen molar-refractivity contribution in [2.24, 2.45) is 17.2 Å². The summed E-state index contributed by atoms with van der Waals surface area (Å²) >= 11 is 16.1. The number of carbonyl (C=O) groups excluding carboxylic acids is 8. The maximum atomic E-state index is 12.7. The van der Waals surface area contributed by atoms with Gasteiger partial charge in [0.1, 0.15) is 56.4 Å². The summed E-state index contributed by atoms with van der Waals surface area (Å²) < 4.78 is 9.09. The Bertz CT molecular complexity index is 3720. The standard InChI is InChI=1S/C19H21N5O3.C13H15NO3.C6H4Cl2N2O2.C6H5ClN2O3.C6H8N4O2.C6H8N4O.CH4.Cl2OS.Li.H3N.3H2O/c20-16-14(17(21)25)10-13(11-22-16)23-18(26)19(27)24-9-5-4-8-15(24)12-6-2-1-3-7-12;15-12(13(16)17)14-9-5-4-8-11(14)10-6-2-1-3-7-10;7-5-4(6(8)11)1-3(10-12)2-9-5;7-5-4(6(10)11)1-3(9-12)2-8-5;7-5-4(6(8)11)1-3(10-12)2-9-5;7-3-1-4(6(9)11)5(8)10-2-3;;1-4(2)3;;;;;/h1-3,6-7,10-11,15H,4-5,8-9H2,(H2,20,22)(H2,21,25)(H,23,26);1-3,6-7,11H,4-5,8-9H2,(H,16,17);1-2H,10H2;1-2H,9H2,(H,10,11);1-2H,10H2,(H2,7,9)(H2,8,11);1-2H,7H2,(H2,8,10)(H2,9,11);1H4;;;1H3;3*1H2/q;;;;;;;;+1;;;;/p-1. The number of nitrogens with one attached hydrogen (secondary N) is 1. The minimum Gasteiger partial charge on any atom is -0.630 e. The summed E-state index contributed by atoms with van der Waals surface area (Å²) in [5.74, 6) is -7.11. The van der Waals surface area contributed by atoms with E-state index in [0.717, 1.165) is 49.7 Å². The number of quaternary nitrogens is 3. The molecule has 2 aliphatic heterocycles. The number of aromatic nitrogens is 5. The third-order valence-electron chi connectivity index (χ3n) is 12.7. The second-order valence-electron chi connectivity index (χ2n) is 19.1. The number of carboxylic acids is 2. The molecular formula is C57H73Cl5LiN19O18S. The van der Waals surface area contributed by atoms with E-state index >= 15 is 0 Å². The Labute approximate surface area is 613 Å². The van der Waals surface area contributed by atoms with Gasteiger partial charge in [0.15, 0.2) is 0 Å². The summed E-state index contributed by atoms with van der Waals surface area (Å²) in [6.07, 6.45) is 11.7. The number of aromatic carboxylic acids is 1. The van der Waals surface area contributed by atoms with Crippen LogP contribution in [0.3, 0.4) is 0 Å². The number of carboxylic acid groups (broad SMARTS) is 2. The number of nitrogens with zero attached hydrogens (tertiary/aromatic N) is 7. The van der Waals surface area contributed by atoms with Crippen molar-refractivity contribution < 1.29 is 109 Å². The molecule has 0 spiro atoms. The fourth-order valence-corrected chi connectivity index (χ4v) is 8.92. The van der Waals surface area contributed by atoms with Gasteiger partial charge in [-0.25, -0.2) is 33.9 Å². The van der Waals surface area contributed by atoms with Crippen molar-refractivity contribution in [2.45, 2.75) is 58.0 Å². The Morgan fingerprint density at radius 1 is 0.545 bits per heavy atom. The molecule has 546 valence electrons. The minimum absolute atomic E-state index is 0. The van der Waals surface area contributed by atoms with E-state index in [-0.39, 0.29) is 139 Å². The number of primary amides is 3. The van der Waals surface area contributed by atoms with Crippen LogP contribution in [0, 0.1) is 15.6 Å². The van der Waals surface area contributed by atoms with Crippen molar-refractivity contribution >= 4 is 164 Å². The largest absolute Gasteiger partial charge is 1.00 e. The van der Waals surface area contributed by atoms with Crippen molar-refractivity contribution in [3.05, 3.63) is 187 Å². The number of likely N-dealkylation sites (tertiary alicyclic amines) is 2. The molecule has 2 unspecified atom stereocenters. The molecule has 2 atom stereocenters. The van der Waals surface area contributed by atoms with Crippen LogP contribution in [-0.2, 0) is 28.4 Å². The van der Waals surface area contributed by atoms with Crippen LogP contribution in [0.5, 0.6) is 0 Å². The quantitative estimate of drug-likeness (QED) is 0.0202. The van der Waals surface area contributed by atoms with Gasteiger partial charge in [0, 0.05) is 52.7 Å². The molecule has 0 saturated carbocycles.